The second kappa shape index (κ2) is 4.02. The normalized spacial score (nSPS) is 17.6. The van der Waals surface area contributed by atoms with Gasteiger partial charge in [0.25, 0.3) is 0 Å². The maximum absolute atomic E-state index is 5.87. The third-order valence-electron chi connectivity index (χ3n) is 3.09. The zero-order valence-corrected chi connectivity index (χ0v) is 10.1. The van der Waals surface area contributed by atoms with Crippen molar-refractivity contribution in [2.45, 2.75) is 6.10 Å². The summed E-state index contributed by atoms with van der Waals surface area (Å²) in [6.45, 7) is 0.407. The van der Waals surface area contributed by atoms with Crippen LogP contribution in [0.1, 0.15) is 12.0 Å². The average molecular weight is 253 g/mol. The Bertz CT molecular complexity index is 702. The van der Waals surface area contributed by atoms with Crippen LogP contribution in [0, 0.1) is 0 Å². The fourth-order valence-electron chi connectivity index (χ4n) is 2.17. The second-order valence-corrected chi connectivity index (χ2v) is 4.38. The molecule has 2 heterocycles. The van der Waals surface area contributed by atoms with Crippen LogP contribution in [0.3, 0.4) is 0 Å². The van der Waals surface area contributed by atoms with Gasteiger partial charge < -0.3 is 13.9 Å². The number of para-hydroxylation sites is 4. The molecule has 0 aliphatic carbocycles. The minimum atomic E-state index is -0.303. The van der Waals surface area contributed by atoms with Gasteiger partial charge >= 0.3 is 0 Å². The number of rotatable bonds is 1. The zero-order chi connectivity index (χ0) is 12.7. The fourth-order valence-corrected chi connectivity index (χ4v) is 2.17. The molecule has 1 aliphatic heterocycles. The predicted octanol–water partition coefficient (Wildman–Crippen LogP) is 3.34. The van der Waals surface area contributed by atoms with E-state index in [-0.39, 0.29) is 6.10 Å². The first-order chi connectivity index (χ1) is 9.40. The Morgan fingerprint density at radius 3 is 2.63 bits per heavy atom. The molecule has 0 saturated heterocycles. The molecule has 0 amide bonds. The lowest BCUT2D eigenvalue weighted by Gasteiger charge is -2.24. The highest BCUT2D eigenvalue weighted by atomic mass is 16.6. The number of aromatic nitrogens is 1. The number of hydrogen-bond acceptors (Lipinski definition) is 4. The Morgan fingerprint density at radius 1 is 0.947 bits per heavy atom. The molecule has 3 aromatic rings. The van der Waals surface area contributed by atoms with E-state index < -0.39 is 0 Å². The first-order valence-electron chi connectivity index (χ1n) is 6.14. The number of fused-ring (bicyclic) bond motifs is 2. The molecule has 4 rings (SSSR count). The third kappa shape index (κ3) is 1.73. The molecule has 94 valence electrons. The molecule has 0 N–H and O–H groups in total. The largest absolute Gasteiger partial charge is 0.485 e. The summed E-state index contributed by atoms with van der Waals surface area (Å²) in [4.78, 5) is 4.44. The zero-order valence-electron chi connectivity index (χ0n) is 10.1. The molecule has 4 heteroatoms. The molecule has 1 atom stereocenters. The summed E-state index contributed by atoms with van der Waals surface area (Å²) in [5.74, 6) is 2.03. The topological polar surface area (TPSA) is 44.5 Å². The Morgan fingerprint density at radius 2 is 1.74 bits per heavy atom. The van der Waals surface area contributed by atoms with Crippen LogP contribution in [0.15, 0.2) is 52.9 Å². The monoisotopic (exact) mass is 253 g/mol. The summed E-state index contributed by atoms with van der Waals surface area (Å²) < 4.78 is 17.2. The molecule has 0 radical (unpaired) electrons. The minimum absolute atomic E-state index is 0.303. The van der Waals surface area contributed by atoms with E-state index >= 15 is 0 Å². The van der Waals surface area contributed by atoms with Crippen LogP contribution in [-0.2, 0) is 0 Å². The smallest absolute Gasteiger partial charge is 0.240 e. The van der Waals surface area contributed by atoms with E-state index in [2.05, 4.69) is 4.98 Å². The Balaban J connectivity index is 1.70. The molecule has 0 spiro atoms. The van der Waals surface area contributed by atoms with Crippen molar-refractivity contribution in [1.82, 2.24) is 4.98 Å². The van der Waals surface area contributed by atoms with E-state index in [9.17, 15) is 0 Å². The third-order valence-corrected chi connectivity index (χ3v) is 3.09. The van der Waals surface area contributed by atoms with Gasteiger partial charge in [0.05, 0.1) is 0 Å². The molecule has 2 aromatic carbocycles. The van der Waals surface area contributed by atoms with Gasteiger partial charge in [-0.1, -0.05) is 24.3 Å². The van der Waals surface area contributed by atoms with Gasteiger partial charge in [-0.15, -0.1) is 0 Å². The number of hydrogen-bond donors (Lipinski definition) is 0. The van der Waals surface area contributed by atoms with Gasteiger partial charge in [0.15, 0.2) is 17.1 Å². The van der Waals surface area contributed by atoms with Crippen molar-refractivity contribution < 1.29 is 13.9 Å². The molecule has 0 unspecified atom stereocenters. The molecule has 1 aromatic heterocycles. The first-order valence-corrected chi connectivity index (χ1v) is 6.14. The van der Waals surface area contributed by atoms with Crippen LogP contribution < -0.4 is 9.47 Å². The van der Waals surface area contributed by atoms with E-state index in [1.54, 1.807) is 0 Å². The molecule has 0 bridgehead atoms. The number of ether oxygens (including phenoxy) is 2. The van der Waals surface area contributed by atoms with Gasteiger partial charge in [0.2, 0.25) is 12.0 Å². The second-order valence-electron chi connectivity index (χ2n) is 4.38. The molecule has 0 fully saturated rings. The van der Waals surface area contributed by atoms with Gasteiger partial charge in [-0.3, -0.25) is 0 Å². The van der Waals surface area contributed by atoms with Crippen molar-refractivity contribution in [3.8, 4) is 11.5 Å². The van der Waals surface area contributed by atoms with Crippen molar-refractivity contribution in [3.63, 3.8) is 0 Å². The van der Waals surface area contributed by atoms with Gasteiger partial charge in [-0.05, 0) is 24.3 Å². The van der Waals surface area contributed by atoms with E-state index in [4.69, 9.17) is 13.9 Å². The van der Waals surface area contributed by atoms with E-state index in [0.29, 0.717) is 12.5 Å². The van der Waals surface area contributed by atoms with Crippen LogP contribution in [0.25, 0.3) is 11.1 Å². The molecular weight excluding hydrogens is 242 g/mol. The van der Waals surface area contributed by atoms with Crippen molar-refractivity contribution >= 4 is 11.1 Å². The van der Waals surface area contributed by atoms with Crippen molar-refractivity contribution in [3.05, 3.63) is 54.4 Å². The maximum Gasteiger partial charge on any atom is 0.240 e. The van der Waals surface area contributed by atoms with E-state index in [0.717, 1.165) is 22.6 Å². The standard InChI is InChI=1S/C15H11NO3/c1-2-6-11-10(5-1)16-15(19-11)14-9-17-12-7-3-4-8-13(12)18-14/h1-8,14H,9H2/t14-/m0/s1. The lowest BCUT2D eigenvalue weighted by molar-refractivity contribution is 0.0726. The summed E-state index contributed by atoms with van der Waals surface area (Å²) in [5.41, 5.74) is 1.60. The number of nitrogens with zero attached hydrogens (tertiary/aromatic N) is 1. The lowest BCUT2D eigenvalue weighted by Crippen LogP contribution is -2.21. The SMILES string of the molecule is c1ccc2c(c1)OC[C@@H](c1nc3ccccc3o1)O2. The average Bonchev–Trinajstić information content (AvgIpc) is 2.90. The Kier molecular flexibility index (Phi) is 2.21. The molecule has 4 nitrogen and oxygen atoms in total. The van der Waals surface area contributed by atoms with Crippen LogP contribution in [0.5, 0.6) is 11.5 Å². The van der Waals surface area contributed by atoms with Crippen molar-refractivity contribution in [2.24, 2.45) is 0 Å². The van der Waals surface area contributed by atoms with Crippen LogP contribution in [-0.4, -0.2) is 11.6 Å². The summed E-state index contributed by atoms with van der Waals surface area (Å²) >= 11 is 0. The highest BCUT2D eigenvalue weighted by Gasteiger charge is 2.26. The van der Waals surface area contributed by atoms with Gasteiger partial charge in [0, 0.05) is 0 Å². The highest BCUT2D eigenvalue weighted by Crippen LogP contribution is 2.36. The van der Waals surface area contributed by atoms with Crippen molar-refractivity contribution in [2.75, 3.05) is 6.61 Å². The van der Waals surface area contributed by atoms with Crippen LogP contribution in [0.2, 0.25) is 0 Å². The molecular formula is C15H11NO3. The Hall–Kier alpha value is -2.49. The molecule has 19 heavy (non-hydrogen) atoms. The minimum Gasteiger partial charge on any atom is -0.485 e. The summed E-state index contributed by atoms with van der Waals surface area (Å²) in [6, 6.07) is 15.3. The predicted molar refractivity (Wildman–Crippen MR) is 69.3 cm³/mol. The van der Waals surface area contributed by atoms with Crippen LogP contribution in [0.4, 0.5) is 0 Å². The number of benzene rings is 2. The molecule has 1 aliphatic rings. The highest BCUT2D eigenvalue weighted by molar-refractivity contribution is 5.72. The first kappa shape index (κ1) is 10.4. The van der Waals surface area contributed by atoms with Crippen molar-refractivity contribution in [1.29, 1.82) is 0 Å². The number of oxazole rings is 1. The fraction of sp³-hybridized carbons (Fsp3) is 0.133. The summed E-state index contributed by atoms with van der Waals surface area (Å²) in [7, 11) is 0. The van der Waals surface area contributed by atoms with E-state index in [1.807, 2.05) is 48.5 Å². The van der Waals surface area contributed by atoms with Gasteiger partial charge in [-0.2, -0.15) is 0 Å². The summed E-state index contributed by atoms with van der Waals surface area (Å²) in [6.07, 6.45) is -0.303. The summed E-state index contributed by atoms with van der Waals surface area (Å²) in [5, 5.41) is 0. The quantitative estimate of drug-likeness (QED) is 0.667. The van der Waals surface area contributed by atoms with Gasteiger partial charge in [0.1, 0.15) is 12.1 Å². The lowest BCUT2D eigenvalue weighted by atomic mass is 10.2. The maximum atomic E-state index is 5.87. The Labute approximate surface area is 109 Å². The van der Waals surface area contributed by atoms with Crippen LogP contribution >= 0.6 is 0 Å². The van der Waals surface area contributed by atoms with Gasteiger partial charge in [-0.25, -0.2) is 4.98 Å². The van der Waals surface area contributed by atoms with E-state index in [1.165, 1.54) is 0 Å². The molecule has 0 saturated carbocycles.